The lowest BCUT2D eigenvalue weighted by Crippen LogP contribution is -3.13. The van der Waals surface area contributed by atoms with E-state index in [0.29, 0.717) is 24.7 Å². The van der Waals surface area contributed by atoms with Gasteiger partial charge in [-0.15, -0.1) is 0 Å². The SMILES string of the molecule is CC(C)c1ccc(C[NH+]2CCN(S(=O)(=O)c3ccc4c(c3)[C@@H](C)C(=O)N4)CC2)cc1. The number of hydrogen-bond acceptors (Lipinski definition) is 3. The van der Waals surface area contributed by atoms with Gasteiger partial charge in [0.25, 0.3) is 0 Å². The van der Waals surface area contributed by atoms with Crippen LogP contribution in [0.15, 0.2) is 47.4 Å². The Balaban J connectivity index is 1.40. The lowest BCUT2D eigenvalue weighted by molar-refractivity contribution is -0.917. The summed E-state index contributed by atoms with van der Waals surface area (Å²) in [5.41, 5.74) is 4.10. The molecule has 1 amide bonds. The minimum absolute atomic E-state index is 0.0850. The molecule has 0 spiro atoms. The molecule has 2 aromatic rings. The van der Waals surface area contributed by atoms with Gasteiger partial charge in [-0.05, 0) is 42.2 Å². The number of fused-ring (bicyclic) bond motifs is 1. The van der Waals surface area contributed by atoms with Gasteiger partial charge in [-0.25, -0.2) is 8.42 Å². The molecule has 2 aromatic carbocycles. The van der Waals surface area contributed by atoms with Crippen molar-refractivity contribution in [2.45, 2.75) is 44.0 Å². The van der Waals surface area contributed by atoms with Gasteiger partial charge in [-0.3, -0.25) is 4.79 Å². The van der Waals surface area contributed by atoms with E-state index in [9.17, 15) is 13.2 Å². The molecular weight excluding hydrogens is 398 g/mol. The zero-order valence-corrected chi connectivity index (χ0v) is 18.6. The molecule has 0 radical (unpaired) electrons. The monoisotopic (exact) mass is 428 g/mol. The second-order valence-electron chi connectivity index (χ2n) is 8.69. The van der Waals surface area contributed by atoms with Crippen molar-refractivity contribution >= 4 is 21.6 Å². The highest BCUT2D eigenvalue weighted by Gasteiger charge is 2.33. The lowest BCUT2D eigenvalue weighted by Gasteiger charge is -2.31. The molecule has 2 N–H and O–H groups in total. The first-order valence-corrected chi connectivity index (χ1v) is 12.1. The van der Waals surface area contributed by atoms with Crippen LogP contribution in [0.4, 0.5) is 5.69 Å². The summed E-state index contributed by atoms with van der Waals surface area (Å²) in [5, 5.41) is 2.79. The summed E-state index contributed by atoms with van der Waals surface area (Å²) in [7, 11) is -3.56. The Labute approximate surface area is 178 Å². The van der Waals surface area contributed by atoms with Crippen molar-refractivity contribution in [3.05, 3.63) is 59.2 Å². The van der Waals surface area contributed by atoms with Crippen LogP contribution in [-0.4, -0.2) is 44.8 Å². The van der Waals surface area contributed by atoms with E-state index in [4.69, 9.17) is 0 Å². The topological polar surface area (TPSA) is 70.9 Å². The van der Waals surface area contributed by atoms with E-state index in [0.717, 1.165) is 25.2 Å². The van der Waals surface area contributed by atoms with Gasteiger partial charge in [0.15, 0.2) is 0 Å². The molecule has 1 saturated heterocycles. The van der Waals surface area contributed by atoms with Gasteiger partial charge in [-0.1, -0.05) is 38.1 Å². The molecule has 2 aliphatic rings. The van der Waals surface area contributed by atoms with E-state index >= 15 is 0 Å². The number of benzene rings is 2. The molecule has 2 aliphatic heterocycles. The normalized spacial score (nSPS) is 20.4. The summed E-state index contributed by atoms with van der Waals surface area (Å²) in [4.78, 5) is 13.5. The molecule has 30 heavy (non-hydrogen) atoms. The third-order valence-electron chi connectivity index (χ3n) is 6.31. The maximum atomic E-state index is 13.2. The van der Waals surface area contributed by atoms with Crippen LogP contribution < -0.4 is 10.2 Å². The fraction of sp³-hybridized carbons (Fsp3) is 0.435. The summed E-state index contributed by atoms with van der Waals surface area (Å²) in [6.07, 6.45) is 0. The Bertz CT molecular complexity index is 1040. The number of piperazine rings is 1. The van der Waals surface area contributed by atoms with Gasteiger partial charge in [0.2, 0.25) is 15.9 Å². The first-order chi connectivity index (χ1) is 14.3. The highest BCUT2D eigenvalue weighted by atomic mass is 32.2. The Hall–Kier alpha value is -2.22. The second kappa shape index (κ2) is 8.13. The number of anilines is 1. The van der Waals surface area contributed by atoms with Crippen molar-refractivity contribution in [1.82, 2.24) is 4.31 Å². The summed E-state index contributed by atoms with van der Waals surface area (Å²) in [5.74, 6) is 0.118. The van der Waals surface area contributed by atoms with E-state index < -0.39 is 10.0 Å². The number of nitrogens with zero attached hydrogens (tertiary/aromatic N) is 1. The summed E-state index contributed by atoms with van der Waals surface area (Å²) in [6.45, 7) is 9.67. The number of hydrogen-bond donors (Lipinski definition) is 2. The van der Waals surface area contributed by atoms with Gasteiger partial charge in [0, 0.05) is 11.3 Å². The fourth-order valence-corrected chi connectivity index (χ4v) is 5.71. The maximum Gasteiger partial charge on any atom is 0.243 e. The molecule has 1 atom stereocenters. The molecular formula is C23H30N3O3S+. The lowest BCUT2D eigenvalue weighted by atomic mass is 10.0. The van der Waals surface area contributed by atoms with Crippen LogP contribution in [0.25, 0.3) is 0 Å². The highest BCUT2D eigenvalue weighted by Crippen LogP contribution is 2.34. The molecule has 2 heterocycles. The first-order valence-electron chi connectivity index (χ1n) is 10.6. The van der Waals surface area contributed by atoms with Crippen LogP contribution in [0.2, 0.25) is 0 Å². The summed E-state index contributed by atoms with van der Waals surface area (Å²) in [6, 6.07) is 13.7. The van der Waals surface area contributed by atoms with Crippen LogP contribution in [-0.2, 0) is 21.4 Å². The summed E-state index contributed by atoms with van der Waals surface area (Å²) >= 11 is 0. The number of rotatable bonds is 5. The van der Waals surface area contributed by atoms with Crippen LogP contribution in [0.3, 0.4) is 0 Å². The molecule has 0 bridgehead atoms. The number of carbonyl (C=O) groups excluding carboxylic acids is 1. The largest absolute Gasteiger partial charge is 0.329 e. The predicted octanol–water partition coefficient (Wildman–Crippen LogP) is 1.95. The molecule has 0 saturated carbocycles. The number of nitrogens with one attached hydrogen (secondary N) is 2. The predicted molar refractivity (Wildman–Crippen MR) is 117 cm³/mol. The molecule has 0 unspecified atom stereocenters. The van der Waals surface area contributed by atoms with Crippen molar-refractivity contribution < 1.29 is 18.1 Å². The fourth-order valence-electron chi connectivity index (χ4n) is 4.23. The quantitative estimate of drug-likeness (QED) is 0.765. The molecule has 7 heteroatoms. The van der Waals surface area contributed by atoms with E-state index in [1.54, 1.807) is 29.4 Å². The molecule has 4 rings (SSSR count). The zero-order chi connectivity index (χ0) is 21.5. The number of sulfonamides is 1. The molecule has 6 nitrogen and oxygen atoms in total. The first kappa shape index (κ1) is 21.0. The van der Waals surface area contributed by atoms with Crippen LogP contribution in [0.1, 0.15) is 49.3 Å². The van der Waals surface area contributed by atoms with E-state index in [2.05, 4.69) is 43.4 Å². The maximum absolute atomic E-state index is 13.2. The van der Waals surface area contributed by atoms with Crippen molar-refractivity contribution in [2.75, 3.05) is 31.5 Å². The standard InChI is InChI=1S/C23H29N3O3S/c1-16(2)19-6-4-18(5-7-19)15-25-10-12-26(13-11-25)30(28,29)20-8-9-22-21(14-20)17(3)23(27)24-22/h4-9,14,16-17H,10-13,15H2,1-3H3,(H,24,27)/p+1/t17-/m1/s1. The van der Waals surface area contributed by atoms with Gasteiger partial charge < -0.3 is 10.2 Å². The van der Waals surface area contributed by atoms with E-state index in [1.165, 1.54) is 16.0 Å². The minimum atomic E-state index is -3.56. The van der Waals surface area contributed by atoms with E-state index in [-0.39, 0.29) is 16.7 Å². The molecule has 160 valence electrons. The van der Waals surface area contributed by atoms with Crippen molar-refractivity contribution in [2.24, 2.45) is 0 Å². The van der Waals surface area contributed by atoms with Gasteiger partial charge >= 0.3 is 0 Å². The van der Waals surface area contributed by atoms with Gasteiger partial charge in [-0.2, -0.15) is 4.31 Å². The number of carbonyl (C=O) groups is 1. The van der Waals surface area contributed by atoms with Gasteiger partial charge in [0.1, 0.15) is 6.54 Å². The highest BCUT2D eigenvalue weighted by molar-refractivity contribution is 7.89. The van der Waals surface area contributed by atoms with Crippen molar-refractivity contribution in [3.8, 4) is 0 Å². The average Bonchev–Trinajstić information content (AvgIpc) is 3.02. The van der Waals surface area contributed by atoms with Crippen molar-refractivity contribution in [3.63, 3.8) is 0 Å². The second-order valence-corrected chi connectivity index (χ2v) is 10.6. The Morgan fingerprint density at radius 1 is 1.10 bits per heavy atom. The third-order valence-corrected chi connectivity index (χ3v) is 8.20. The molecule has 1 fully saturated rings. The Morgan fingerprint density at radius 2 is 1.77 bits per heavy atom. The van der Waals surface area contributed by atoms with Crippen LogP contribution in [0.5, 0.6) is 0 Å². The number of amides is 1. The van der Waals surface area contributed by atoms with Crippen molar-refractivity contribution in [1.29, 1.82) is 0 Å². The van der Waals surface area contributed by atoms with Gasteiger partial charge in [0.05, 0.1) is 37.0 Å². The third kappa shape index (κ3) is 4.02. The zero-order valence-electron chi connectivity index (χ0n) is 17.8. The number of quaternary nitrogens is 1. The minimum Gasteiger partial charge on any atom is -0.329 e. The Kier molecular flexibility index (Phi) is 5.70. The van der Waals surface area contributed by atoms with E-state index in [1.807, 2.05) is 0 Å². The smallest absolute Gasteiger partial charge is 0.243 e. The van der Waals surface area contributed by atoms with Crippen LogP contribution >= 0.6 is 0 Å². The van der Waals surface area contributed by atoms with Crippen LogP contribution in [0, 0.1) is 0 Å². The summed E-state index contributed by atoms with van der Waals surface area (Å²) < 4.78 is 27.9. The Morgan fingerprint density at radius 3 is 2.40 bits per heavy atom. The average molecular weight is 429 g/mol. The molecule has 0 aromatic heterocycles. The molecule has 0 aliphatic carbocycles.